The number of nitrogens with zero attached hydrogens (tertiary/aromatic N) is 3. The number of hydrogen-bond acceptors (Lipinski definition) is 6. The molecule has 0 saturated carbocycles. The van der Waals surface area contributed by atoms with E-state index in [1.54, 1.807) is 12.1 Å². The minimum absolute atomic E-state index is 0.00178. The zero-order chi connectivity index (χ0) is 17.9. The quantitative estimate of drug-likeness (QED) is 0.568. The minimum Gasteiger partial charge on any atom is -0.491 e. The fourth-order valence-electron chi connectivity index (χ4n) is 2.52. The fraction of sp³-hybridized carbons (Fsp3) is 0.471. The van der Waals surface area contributed by atoms with E-state index in [1.807, 2.05) is 34.7 Å². The SMILES string of the molecule is Cc1noc(C)c1CN(C)Cc1cc([N+](=O)[O-])ccc1OC(C)C. The van der Waals surface area contributed by atoms with Crippen LogP contribution in [0.2, 0.25) is 0 Å². The maximum Gasteiger partial charge on any atom is 0.270 e. The summed E-state index contributed by atoms with van der Waals surface area (Å²) in [6, 6.07) is 4.70. The maximum atomic E-state index is 11.0. The largest absolute Gasteiger partial charge is 0.491 e. The molecule has 0 N–H and O–H groups in total. The molecule has 2 aromatic rings. The van der Waals surface area contributed by atoms with E-state index in [1.165, 1.54) is 6.07 Å². The summed E-state index contributed by atoms with van der Waals surface area (Å²) in [4.78, 5) is 12.7. The second-order valence-electron chi connectivity index (χ2n) is 6.19. The number of non-ortho nitro benzene ring substituents is 1. The van der Waals surface area contributed by atoms with Crippen LogP contribution in [0.15, 0.2) is 22.7 Å². The summed E-state index contributed by atoms with van der Waals surface area (Å²) in [5, 5.41) is 15.0. The fourth-order valence-corrected chi connectivity index (χ4v) is 2.52. The number of nitro groups is 1. The summed E-state index contributed by atoms with van der Waals surface area (Å²) in [6.07, 6.45) is -0.00178. The Morgan fingerprint density at radius 2 is 2.04 bits per heavy atom. The van der Waals surface area contributed by atoms with E-state index in [0.717, 1.165) is 22.6 Å². The number of nitro benzene ring substituents is 1. The lowest BCUT2D eigenvalue weighted by atomic mass is 10.1. The average Bonchev–Trinajstić information content (AvgIpc) is 2.80. The molecule has 0 aliphatic carbocycles. The molecule has 24 heavy (non-hydrogen) atoms. The summed E-state index contributed by atoms with van der Waals surface area (Å²) >= 11 is 0. The first kappa shape index (κ1) is 17.9. The smallest absolute Gasteiger partial charge is 0.270 e. The Morgan fingerprint density at radius 1 is 1.33 bits per heavy atom. The maximum absolute atomic E-state index is 11.0. The van der Waals surface area contributed by atoms with Crippen LogP contribution < -0.4 is 4.74 Å². The number of benzene rings is 1. The molecule has 0 saturated heterocycles. The van der Waals surface area contributed by atoms with E-state index in [0.29, 0.717) is 18.8 Å². The number of aryl methyl sites for hydroxylation is 2. The normalized spacial score (nSPS) is 11.3. The molecule has 0 amide bonds. The lowest BCUT2D eigenvalue weighted by molar-refractivity contribution is -0.385. The second kappa shape index (κ2) is 7.44. The molecule has 0 fully saturated rings. The number of rotatable bonds is 7. The molecule has 7 heteroatoms. The van der Waals surface area contributed by atoms with Gasteiger partial charge in [0.15, 0.2) is 0 Å². The summed E-state index contributed by atoms with van der Waals surface area (Å²) in [7, 11) is 1.95. The van der Waals surface area contributed by atoms with Gasteiger partial charge in [0, 0.05) is 36.3 Å². The highest BCUT2D eigenvalue weighted by Crippen LogP contribution is 2.27. The van der Waals surface area contributed by atoms with Crippen LogP contribution in [-0.2, 0) is 13.1 Å². The van der Waals surface area contributed by atoms with Crippen LogP contribution in [-0.4, -0.2) is 28.1 Å². The number of aromatic nitrogens is 1. The van der Waals surface area contributed by atoms with Gasteiger partial charge in [-0.2, -0.15) is 0 Å². The van der Waals surface area contributed by atoms with Gasteiger partial charge in [0.25, 0.3) is 5.69 Å². The summed E-state index contributed by atoms with van der Waals surface area (Å²) < 4.78 is 11.0. The Balaban J connectivity index is 2.22. The Hall–Kier alpha value is -2.41. The Kier molecular flexibility index (Phi) is 5.56. The molecule has 0 atom stereocenters. The lowest BCUT2D eigenvalue weighted by Crippen LogP contribution is -2.19. The van der Waals surface area contributed by atoms with Crippen molar-refractivity contribution >= 4 is 5.69 Å². The predicted molar refractivity (Wildman–Crippen MR) is 90.0 cm³/mol. The number of ether oxygens (including phenoxy) is 1. The van der Waals surface area contributed by atoms with E-state index in [2.05, 4.69) is 10.1 Å². The molecule has 1 aromatic carbocycles. The van der Waals surface area contributed by atoms with Gasteiger partial charge in [0.1, 0.15) is 11.5 Å². The Bertz CT molecular complexity index is 705. The van der Waals surface area contributed by atoms with Crippen molar-refractivity contribution in [3.8, 4) is 5.75 Å². The van der Waals surface area contributed by atoms with Crippen molar-refractivity contribution in [1.29, 1.82) is 0 Å². The highest BCUT2D eigenvalue weighted by Gasteiger charge is 2.16. The van der Waals surface area contributed by atoms with Crippen LogP contribution in [0.3, 0.4) is 0 Å². The van der Waals surface area contributed by atoms with Gasteiger partial charge in [-0.05, 0) is 40.8 Å². The Labute approximate surface area is 141 Å². The summed E-state index contributed by atoms with van der Waals surface area (Å²) in [5.41, 5.74) is 2.74. The van der Waals surface area contributed by atoms with E-state index >= 15 is 0 Å². The molecule has 0 radical (unpaired) electrons. The molecule has 7 nitrogen and oxygen atoms in total. The van der Waals surface area contributed by atoms with Crippen LogP contribution in [0.1, 0.15) is 36.4 Å². The molecule has 2 rings (SSSR count). The van der Waals surface area contributed by atoms with Crippen LogP contribution >= 0.6 is 0 Å². The first-order valence-corrected chi connectivity index (χ1v) is 7.82. The van der Waals surface area contributed by atoms with Gasteiger partial charge in [-0.15, -0.1) is 0 Å². The predicted octanol–water partition coefficient (Wildman–Crippen LogP) is 3.62. The van der Waals surface area contributed by atoms with E-state index in [-0.39, 0.29) is 11.8 Å². The molecule has 130 valence electrons. The third-order valence-corrected chi connectivity index (χ3v) is 3.67. The molecule has 1 heterocycles. The average molecular weight is 333 g/mol. The van der Waals surface area contributed by atoms with Crippen molar-refractivity contribution in [3.05, 3.63) is 50.9 Å². The Morgan fingerprint density at radius 3 is 2.58 bits per heavy atom. The van der Waals surface area contributed by atoms with Crippen molar-refractivity contribution in [2.75, 3.05) is 7.05 Å². The van der Waals surface area contributed by atoms with Gasteiger partial charge in [0.05, 0.1) is 16.7 Å². The van der Waals surface area contributed by atoms with Crippen molar-refractivity contribution in [3.63, 3.8) is 0 Å². The molecular formula is C17H23N3O4. The zero-order valence-electron chi connectivity index (χ0n) is 14.7. The molecular weight excluding hydrogens is 310 g/mol. The van der Waals surface area contributed by atoms with Gasteiger partial charge < -0.3 is 9.26 Å². The van der Waals surface area contributed by atoms with Crippen LogP contribution in [0.25, 0.3) is 0 Å². The minimum atomic E-state index is -0.392. The zero-order valence-corrected chi connectivity index (χ0v) is 14.7. The van der Waals surface area contributed by atoms with Gasteiger partial charge in [-0.3, -0.25) is 15.0 Å². The highest BCUT2D eigenvalue weighted by molar-refractivity contribution is 5.44. The van der Waals surface area contributed by atoms with E-state index < -0.39 is 4.92 Å². The highest BCUT2D eigenvalue weighted by atomic mass is 16.6. The van der Waals surface area contributed by atoms with E-state index in [4.69, 9.17) is 9.26 Å². The molecule has 0 unspecified atom stereocenters. The molecule has 0 spiro atoms. The van der Waals surface area contributed by atoms with Crippen LogP contribution in [0.5, 0.6) is 5.75 Å². The van der Waals surface area contributed by atoms with Crippen molar-refractivity contribution in [2.24, 2.45) is 0 Å². The first-order chi connectivity index (χ1) is 11.3. The lowest BCUT2D eigenvalue weighted by Gasteiger charge is -2.20. The topological polar surface area (TPSA) is 81.6 Å². The summed E-state index contributed by atoms with van der Waals surface area (Å²) in [6.45, 7) is 8.81. The molecule has 0 aliphatic heterocycles. The van der Waals surface area contributed by atoms with Crippen molar-refractivity contribution in [1.82, 2.24) is 10.1 Å². The molecule has 1 aromatic heterocycles. The van der Waals surface area contributed by atoms with Gasteiger partial charge in [0.2, 0.25) is 0 Å². The standard InChI is InChI=1S/C17H23N3O4/c1-11(2)23-17-7-6-15(20(21)22)8-14(17)9-19(5)10-16-12(3)18-24-13(16)4/h6-8,11H,9-10H2,1-5H3. The first-order valence-electron chi connectivity index (χ1n) is 7.82. The van der Waals surface area contributed by atoms with Gasteiger partial charge in [-0.25, -0.2) is 0 Å². The van der Waals surface area contributed by atoms with Gasteiger partial charge >= 0.3 is 0 Å². The third-order valence-electron chi connectivity index (χ3n) is 3.67. The monoisotopic (exact) mass is 333 g/mol. The molecule has 0 aliphatic rings. The van der Waals surface area contributed by atoms with E-state index in [9.17, 15) is 10.1 Å². The van der Waals surface area contributed by atoms with Crippen LogP contribution in [0.4, 0.5) is 5.69 Å². The summed E-state index contributed by atoms with van der Waals surface area (Å²) in [5.74, 6) is 1.46. The van der Waals surface area contributed by atoms with Crippen LogP contribution in [0, 0.1) is 24.0 Å². The van der Waals surface area contributed by atoms with Crippen molar-refractivity contribution in [2.45, 2.75) is 46.9 Å². The number of hydrogen-bond donors (Lipinski definition) is 0. The van der Waals surface area contributed by atoms with Crippen molar-refractivity contribution < 1.29 is 14.2 Å². The van der Waals surface area contributed by atoms with Gasteiger partial charge in [-0.1, -0.05) is 5.16 Å². The second-order valence-corrected chi connectivity index (χ2v) is 6.19. The molecule has 0 bridgehead atoms. The third kappa shape index (κ3) is 4.32.